The molecule has 10 nitrogen and oxygen atoms in total. The molecule has 1 aliphatic heterocycles. The molecule has 2 rings (SSSR count). The fourth-order valence-corrected chi connectivity index (χ4v) is 1.92. The average molecular weight is 406 g/mol. The van der Waals surface area contributed by atoms with Crippen LogP contribution < -0.4 is 10.3 Å². The number of ether oxygens (including phenoxy) is 1. The number of nitrogens with two attached hydrogens (primary N) is 1. The first-order chi connectivity index (χ1) is 11.8. The van der Waals surface area contributed by atoms with Crippen molar-refractivity contribution in [3.63, 3.8) is 0 Å². The number of alkyl halides is 3. The summed E-state index contributed by atoms with van der Waals surface area (Å²) in [6.07, 6.45) is -1.08. The Hall–Kier alpha value is -1.84. The Morgan fingerprint density at radius 3 is 2.27 bits per heavy atom. The minimum Gasteiger partial charge on any atom is -0.741 e. The zero-order valence-electron chi connectivity index (χ0n) is 12.8. The van der Waals surface area contributed by atoms with Gasteiger partial charge in [-0.1, -0.05) is 0 Å². The number of aliphatic hydroxyl groups excluding tert-OH is 3. The molecule has 1 unspecified atom stereocenters. The van der Waals surface area contributed by atoms with Crippen molar-refractivity contribution in [2.75, 3.05) is 6.61 Å². The molecule has 1 saturated heterocycles. The highest BCUT2D eigenvalue weighted by atomic mass is 32.2. The van der Waals surface area contributed by atoms with Gasteiger partial charge in [0.15, 0.2) is 28.6 Å². The van der Waals surface area contributed by atoms with Gasteiger partial charge in [0.2, 0.25) is 0 Å². The molecule has 0 saturated carbocycles. The van der Waals surface area contributed by atoms with E-state index in [0.717, 1.165) is 0 Å². The van der Waals surface area contributed by atoms with Crippen LogP contribution in [-0.2, 0) is 14.9 Å². The van der Waals surface area contributed by atoms with Crippen LogP contribution in [0.15, 0.2) is 24.5 Å². The maximum absolute atomic E-state index is 11.1. The van der Waals surface area contributed by atoms with Gasteiger partial charge in [-0.2, -0.15) is 17.7 Å². The lowest BCUT2D eigenvalue weighted by atomic mass is 10.3. The van der Waals surface area contributed by atoms with E-state index in [1.54, 1.807) is 12.3 Å². The Morgan fingerprint density at radius 2 is 1.88 bits per heavy atom. The van der Waals surface area contributed by atoms with E-state index in [-0.39, 0.29) is 5.56 Å². The van der Waals surface area contributed by atoms with Crippen molar-refractivity contribution in [2.24, 2.45) is 5.73 Å². The van der Waals surface area contributed by atoms with E-state index in [9.17, 15) is 28.2 Å². The number of hydrogen-bond donors (Lipinski definition) is 4. The summed E-state index contributed by atoms with van der Waals surface area (Å²) in [5.74, 6) is -0.601. The molecule has 1 amide bonds. The number of carbonyl (C=O) groups is 1. The first-order valence-corrected chi connectivity index (χ1v) is 8.15. The lowest BCUT2D eigenvalue weighted by Crippen LogP contribution is -2.46. The Bertz CT molecular complexity index is 742. The number of primary amides is 1. The normalized spacial score (nSPS) is 26.1. The van der Waals surface area contributed by atoms with Crippen LogP contribution in [0.3, 0.4) is 0 Å². The first-order valence-electron chi connectivity index (χ1n) is 6.74. The number of amides is 1. The van der Waals surface area contributed by atoms with Gasteiger partial charge in [0.05, 0.1) is 6.61 Å². The van der Waals surface area contributed by atoms with Crippen molar-refractivity contribution >= 4 is 16.0 Å². The summed E-state index contributed by atoms with van der Waals surface area (Å²) in [6.45, 7) is -0.398. The van der Waals surface area contributed by atoms with Gasteiger partial charge in [-0.15, -0.1) is 0 Å². The van der Waals surface area contributed by atoms with E-state index in [0.29, 0.717) is 0 Å². The van der Waals surface area contributed by atoms with Gasteiger partial charge in [-0.25, -0.2) is 8.42 Å². The van der Waals surface area contributed by atoms with E-state index in [1.165, 1.54) is 16.8 Å². The fraction of sp³-hybridized carbons (Fsp3) is 0.500. The van der Waals surface area contributed by atoms with Crippen LogP contribution in [0.5, 0.6) is 0 Å². The largest absolute Gasteiger partial charge is 0.741 e. The Morgan fingerprint density at radius 1 is 1.35 bits per heavy atom. The van der Waals surface area contributed by atoms with Gasteiger partial charge < -0.3 is 30.3 Å². The van der Waals surface area contributed by atoms with Gasteiger partial charge in [0.1, 0.15) is 17.8 Å². The van der Waals surface area contributed by atoms with Crippen LogP contribution in [0.4, 0.5) is 13.2 Å². The van der Waals surface area contributed by atoms with Crippen molar-refractivity contribution in [3.8, 4) is 0 Å². The minimum absolute atomic E-state index is 0.259. The van der Waals surface area contributed by atoms with Gasteiger partial charge in [0.25, 0.3) is 12.1 Å². The highest BCUT2D eigenvalue weighted by molar-refractivity contribution is 7.86. The molecule has 14 heteroatoms. The molecule has 1 aromatic rings. The molecular formula is C12H15F3N2O8S. The third kappa shape index (κ3) is 5.33. The van der Waals surface area contributed by atoms with Crippen molar-refractivity contribution in [2.45, 2.75) is 30.0 Å². The second-order valence-corrected chi connectivity index (χ2v) is 6.40. The van der Waals surface area contributed by atoms with Crippen LogP contribution in [-0.4, -0.2) is 64.6 Å². The Labute approximate surface area is 145 Å². The number of nitrogens with zero attached hydrogens (tertiary/aromatic N) is 1. The fourth-order valence-electron chi connectivity index (χ4n) is 1.92. The molecule has 1 aliphatic rings. The van der Waals surface area contributed by atoms with Crippen LogP contribution in [0.25, 0.3) is 0 Å². The Kier molecular flexibility index (Phi) is 7.03. The maximum Gasteiger partial charge on any atom is 0.485 e. The molecule has 0 aromatic carbocycles. The number of aliphatic hydroxyl groups is 3. The highest BCUT2D eigenvalue weighted by Crippen LogP contribution is 2.25. The summed E-state index contributed by atoms with van der Waals surface area (Å²) < 4.78 is 65.7. The van der Waals surface area contributed by atoms with Crippen LogP contribution >= 0.6 is 0 Å². The molecule has 0 spiro atoms. The zero-order valence-corrected chi connectivity index (χ0v) is 13.6. The number of hydrogen-bond acceptors (Lipinski definition) is 8. The summed E-state index contributed by atoms with van der Waals surface area (Å²) in [6, 6.07) is 3.11. The lowest BCUT2D eigenvalue weighted by molar-refractivity contribution is -0.765. The van der Waals surface area contributed by atoms with Crippen molar-refractivity contribution in [1.29, 1.82) is 0 Å². The quantitative estimate of drug-likeness (QED) is 0.143. The maximum atomic E-state index is 11.1. The Balaban J connectivity index is 0.000000359. The monoisotopic (exact) mass is 406 g/mol. The van der Waals surface area contributed by atoms with E-state index in [2.05, 4.69) is 0 Å². The lowest BCUT2D eigenvalue weighted by Gasteiger charge is -2.09. The predicted octanol–water partition coefficient (Wildman–Crippen LogP) is -2.26. The van der Waals surface area contributed by atoms with Gasteiger partial charge in [-0.3, -0.25) is 4.79 Å². The molecule has 1 aromatic heterocycles. The minimum atomic E-state index is -6.09. The predicted molar refractivity (Wildman–Crippen MR) is 73.9 cm³/mol. The van der Waals surface area contributed by atoms with Gasteiger partial charge in [-0.05, 0) is 6.07 Å². The molecule has 0 aliphatic carbocycles. The number of rotatable bonds is 3. The molecule has 2 heterocycles. The van der Waals surface area contributed by atoms with Crippen LogP contribution in [0.2, 0.25) is 0 Å². The number of halogens is 3. The smallest absolute Gasteiger partial charge is 0.485 e. The van der Waals surface area contributed by atoms with Crippen LogP contribution in [0.1, 0.15) is 16.6 Å². The van der Waals surface area contributed by atoms with E-state index in [1.807, 2.05) is 0 Å². The van der Waals surface area contributed by atoms with E-state index >= 15 is 0 Å². The van der Waals surface area contributed by atoms with Gasteiger partial charge in [0, 0.05) is 6.07 Å². The molecule has 1 fully saturated rings. The second kappa shape index (κ2) is 8.24. The average Bonchev–Trinajstić information content (AvgIpc) is 2.81. The number of pyridine rings is 1. The summed E-state index contributed by atoms with van der Waals surface area (Å²) in [5.41, 5.74) is -0.235. The van der Waals surface area contributed by atoms with Gasteiger partial charge >= 0.3 is 5.51 Å². The standard InChI is InChI=1S/C11H14N2O5.CHF3O3S/c12-10(17)6-2-1-3-13(4-6)11-9(16)8(15)7(5-14)18-11;2-1(3,4)8(5,6)7/h1-4,7-9,11,14-16H,5H2,(H-,12,17);(H,5,6,7)/t7-,8-,9-,11?;/m1./s1/i9+1,12+1;. The van der Waals surface area contributed by atoms with E-state index in [4.69, 9.17) is 28.5 Å². The second-order valence-electron chi connectivity index (χ2n) is 5.03. The summed E-state index contributed by atoms with van der Waals surface area (Å²) in [7, 11) is -6.09. The first kappa shape index (κ1) is 22.2. The molecule has 0 bridgehead atoms. The van der Waals surface area contributed by atoms with E-state index < -0.39 is 52.7 Å². The topological polar surface area (TPSA) is 174 Å². The molecule has 5 N–H and O–H groups in total. The van der Waals surface area contributed by atoms with Crippen molar-refractivity contribution in [3.05, 3.63) is 30.1 Å². The summed E-state index contributed by atoms with van der Waals surface area (Å²) >= 11 is 0. The van der Waals surface area contributed by atoms with Crippen LogP contribution in [0, 0.1) is 0 Å². The SMILES string of the molecule is O=S(=O)([O-])C(F)(F)F.[15NH2]C(=O)c1ccc[n+](C2O[C@H](CO)[C@@H](O)[13C@H]2O)c1. The molecule has 148 valence electrons. The number of aromatic nitrogens is 1. The van der Waals surface area contributed by atoms with Crippen molar-refractivity contribution < 1.29 is 55.6 Å². The molecule has 26 heavy (non-hydrogen) atoms. The third-order valence-electron chi connectivity index (χ3n) is 3.20. The number of carbonyl (C=O) groups excluding carboxylic acids is 1. The summed E-state index contributed by atoms with van der Waals surface area (Å²) in [5, 5.41) is 28.4. The summed E-state index contributed by atoms with van der Waals surface area (Å²) in [4.78, 5) is 11.1. The van der Waals surface area contributed by atoms with Crippen molar-refractivity contribution in [1.82, 2.24) is 0 Å². The highest BCUT2D eigenvalue weighted by Gasteiger charge is 2.47. The molecule has 0 radical (unpaired) electrons. The third-order valence-corrected chi connectivity index (χ3v) is 3.77. The molecular weight excluding hydrogens is 391 g/mol. The molecule has 4 atom stereocenters. The zero-order chi connectivity index (χ0) is 20.3.